The minimum atomic E-state index is -1.51. The summed E-state index contributed by atoms with van der Waals surface area (Å²) >= 11 is 12.5. The van der Waals surface area contributed by atoms with Crippen LogP contribution in [0.15, 0.2) is 48.5 Å². The minimum absolute atomic E-state index is 0.0715. The maximum absolute atomic E-state index is 12.3. The highest BCUT2D eigenvalue weighted by Gasteiger charge is 2.44. The summed E-state index contributed by atoms with van der Waals surface area (Å²) in [6.45, 7) is 0. The zero-order valence-electron chi connectivity index (χ0n) is 12.7. The molecular formula is C18H16Cl2O4. The Kier molecular flexibility index (Phi) is 5.86. The molecule has 0 spiro atoms. The van der Waals surface area contributed by atoms with Crippen LogP contribution < -0.4 is 0 Å². The molecule has 2 N–H and O–H groups in total. The molecule has 0 aliphatic heterocycles. The van der Waals surface area contributed by atoms with Crippen molar-refractivity contribution in [3.63, 3.8) is 0 Å². The summed E-state index contributed by atoms with van der Waals surface area (Å²) in [5, 5.41) is 19.6. The quantitative estimate of drug-likeness (QED) is 0.749. The monoisotopic (exact) mass is 366 g/mol. The predicted octanol–water partition coefficient (Wildman–Crippen LogP) is 4.62. The molecule has 6 heteroatoms. The van der Waals surface area contributed by atoms with Crippen molar-refractivity contribution < 1.29 is 19.8 Å². The van der Waals surface area contributed by atoms with E-state index in [1.54, 1.807) is 48.5 Å². The number of benzene rings is 2. The first kappa shape index (κ1) is 18.3. The van der Waals surface area contributed by atoms with Gasteiger partial charge < -0.3 is 10.2 Å². The second-order valence-corrected chi connectivity index (χ2v) is 6.23. The van der Waals surface area contributed by atoms with Gasteiger partial charge in [0.25, 0.3) is 0 Å². The standard InChI is InChI=1S/C18H16Cl2O4/c19-14-8-3-1-6-12(14)18(17(23)24,11-5-10-16(21)22)13-7-2-4-9-15(13)20/h1-4,6-9H,5,10-11H2,(H,21,22)(H,23,24). The highest BCUT2D eigenvalue weighted by molar-refractivity contribution is 6.33. The lowest BCUT2D eigenvalue weighted by atomic mass is 9.71. The van der Waals surface area contributed by atoms with E-state index >= 15 is 0 Å². The molecule has 0 aromatic heterocycles. The largest absolute Gasteiger partial charge is 0.481 e. The summed E-state index contributed by atoms with van der Waals surface area (Å²) < 4.78 is 0. The van der Waals surface area contributed by atoms with Crippen LogP contribution in [0.5, 0.6) is 0 Å². The maximum atomic E-state index is 12.3. The van der Waals surface area contributed by atoms with Crippen molar-refractivity contribution in [2.45, 2.75) is 24.7 Å². The Morgan fingerprint density at radius 1 is 0.875 bits per heavy atom. The fraction of sp³-hybridized carbons (Fsp3) is 0.222. The second kappa shape index (κ2) is 7.69. The first-order valence-corrected chi connectivity index (χ1v) is 8.10. The highest BCUT2D eigenvalue weighted by atomic mass is 35.5. The molecular weight excluding hydrogens is 351 g/mol. The Labute approximate surface area is 149 Å². The molecule has 2 aromatic carbocycles. The molecule has 126 valence electrons. The third kappa shape index (κ3) is 3.55. The van der Waals surface area contributed by atoms with Gasteiger partial charge in [0.2, 0.25) is 0 Å². The van der Waals surface area contributed by atoms with Crippen LogP contribution in [0.4, 0.5) is 0 Å². The van der Waals surface area contributed by atoms with Gasteiger partial charge in [-0.25, -0.2) is 0 Å². The van der Waals surface area contributed by atoms with Crippen LogP contribution in [0.3, 0.4) is 0 Å². The van der Waals surface area contributed by atoms with Crippen molar-refractivity contribution in [1.82, 2.24) is 0 Å². The fourth-order valence-electron chi connectivity index (χ4n) is 2.87. The van der Waals surface area contributed by atoms with Crippen LogP contribution >= 0.6 is 23.2 Å². The lowest BCUT2D eigenvalue weighted by molar-refractivity contribution is -0.143. The number of halogens is 2. The van der Waals surface area contributed by atoms with Gasteiger partial charge in [0.05, 0.1) is 0 Å². The van der Waals surface area contributed by atoms with Crippen molar-refractivity contribution in [3.05, 3.63) is 69.7 Å². The van der Waals surface area contributed by atoms with Crippen molar-refractivity contribution in [3.8, 4) is 0 Å². The average Bonchev–Trinajstić information content (AvgIpc) is 2.53. The number of rotatable bonds is 7. The summed E-state index contributed by atoms with van der Waals surface area (Å²) in [6.07, 6.45) is 0.115. The van der Waals surface area contributed by atoms with E-state index in [9.17, 15) is 14.7 Å². The molecule has 0 heterocycles. The van der Waals surface area contributed by atoms with Crippen LogP contribution in [0.25, 0.3) is 0 Å². The summed E-state index contributed by atoms with van der Waals surface area (Å²) in [4.78, 5) is 23.2. The molecule has 24 heavy (non-hydrogen) atoms. The van der Waals surface area contributed by atoms with Gasteiger partial charge in [0.1, 0.15) is 5.41 Å². The number of aliphatic carboxylic acids is 2. The van der Waals surface area contributed by atoms with Gasteiger partial charge in [0, 0.05) is 16.5 Å². The van der Waals surface area contributed by atoms with E-state index in [1.807, 2.05) is 0 Å². The maximum Gasteiger partial charge on any atom is 0.318 e. The first-order chi connectivity index (χ1) is 11.4. The molecule has 2 rings (SSSR count). The Balaban J connectivity index is 2.66. The van der Waals surface area contributed by atoms with Crippen LogP contribution in [0, 0.1) is 0 Å². The Hall–Kier alpha value is -2.04. The predicted molar refractivity (Wildman–Crippen MR) is 92.8 cm³/mol. The molecule has 0 atom stereocenters. The van der Waals surface area contributed by atoms with E-state index < -0.39 is 17.4 Å². The Morgan fingerprint density at radius 3 is 1.71 bits per heavy atom. The second-order valence-electron chi connectivity index (χ2n) is 5.42. The molecule has 0 aliphatic rings. The van der Waals surface area contributed by atoms with Crippen LogP contribution in [-0.4, -0.2) is 22.2 Å². The molecule has 0 aliphatic carbocycles. The molecule has 0 bridgehead atoms. The highest BCUT2D eigenvalue weighted by Crippen LogP contribution is 2.43. The lowest BCUT2D eigenvalue weighted by Crippen LogP contribution is -2.38. The van der Waals surface area contributed by atoms with Crippen molar-refractivity contribution in [1.29, 1.82) is 0 Å². The van der Waals surface area contributed by atoms with Gasteiger partial charge in [-0.05, 0) is 36.1 Å². The lowest BCUT2D eigenvalue weighted by Gasteiger charge is -2.32. The van der Waals surface area contributed by atoms with Crippen LogP contribution in [0.2, 0.25) is 10.0 Å². The summed E-state index contributed by atoms with van der Waals surface area (Å²) in [5.41, 5.74) is -0.707. The molecule has 0 fully saturated rings. The Morgan fingerprint density at radius 2 is 1.33 bits per heavy atom. The van der Waals surface area contributed by atoms with E-state index in [1.165, 1.54) is 0 Å². The number of carboxylic acid groups (broad SMARTS) is 2. The molecule has 0 radical (unpaired) electrons. The van der Waals surface area contributed by atoms with Gasteiger partial charge in [-0.2, -0.15) is 0 Å². The van der Waals surface area contributed by atoms with Crippen LogP contribution in [-0.2, 0) is 15.0 Å². The zero-order chi connectivity index (χ0) is 17.7. The van der Waals surface area contributed by atoms with Crippen molar-refractivity contribution >= 4 is 35.1 Å². The van der Waals surface area contributed by atoms with Crippen molar-refractivity contribution in [2.75, 3.05) is 0 Å². The number of carboxylic acids is 2. The summed E-state index contributed by atoms with van der Waals surface area (Å²) in [5.74, 6) is -2.10. The van der Waals surface area contributed by atoms with Gasteiger partial charge in [-0.1, -0.05) is 59.6 Å². The zero-order valence-corrected chi connectivity index (χ0v) is 14.2. The molecule has 0 amide bonds. The van der Waals surface area contributed by atoms with Gasteiger partial charge in [-0.3, -0.25) is 9.59 Å². The third-order valence-corrected chi connectivity index (χ3v) is 4.63. The molecule has 0 unspecified atom stereocenters. The molecule has 0 saturated carbocycles. The molecule has 0 saturated heterocycles. The summed E-state index contributed by atoms with van der Waals surface area (Å²) in [6, 6.07) is 13.3. The number of hydrogen-bond acceptors (Lipinski definition) is 2. The van der Waals surface area contributed by atoms with E-state index in [0.717, 1.165) is 0 Å². The smallest absolute Gasteiger partial charge is 0.318 e. The molecule has 2 aromatic rings. The average molecular weight is 367 g/mol. The van der Waals surface area contributed by atoms with Crippen molar-refractivity contribution in [2.24, 2.45) is 0 Å². The summed E-state index contributed by atoms with van der Waals surface area (Å²) in [7, 11) is 0. The topological polar surface area (TPSA) is 74.6 Å². The van der Waals surface area contributed by atoms with Gasteiger partial charge >= 0.3 is 11.9 Å². The van der Waals surface area contributed by atoms with Crippen LogP contribution in [0.1, 0.15) is 30.4 Å². The number of carbonyl (C=O) groups is 2. The van der Waals surface area contributed by atoms with E-state index in [4.69, 9.17) is 28.3 Å². The SMILES string of the molecule is O=C(O)CCCC(C(=O)O)(c1ccccc1Cl)c1ccccc1Cl. The van der Waals surface area contributed by atoms with Gasteiger partial charge in [-0.15, -0.1) is 0 Å². The van der Waals surface area contributed by atoms with E-state index in [-0.39, 0.29) is 19.3 Å². The van der Waals surface area contributed by atoms with Gasteiger partial charge in [0.15, 0.2) is 0 Å². The normalized spacial score (nSPS) is 11.2. The first-order valence-electron chi connectivity index (χ1n) is 7.35. The van der Waals surface area contributed by atoms with E-state index in [0.29, 0.717) is 21.2 Å². The van der Waals surface area contributed by atoms with E-state index in [2.05, 4.69) is 0 Å². The third-order valence-electron chi connectivity index (χ3n) is 3.97. The molecule has 4 nitrogen and oxygen atoms in total. The fourth-order valence-corrected chi connectivity index (χ4v) is 3.47. The number of hydrogen-bond donors (Lipinski definition) is 2. The minimum Gasteiger partial charge on any atom is -0.481 e. The Bertz CT molecular complexity index is 713.